The summed E-state index contributed by atoms with van der Waals surface area (Å²) in [5.41, 5.74) is 2.25. The number of piperidine rings is 1. The number of fused-ring (bicyclic) bond motifs is 2. The van der Waals surface area contributed by atoms with E-state index in [1.54, 1.807) is 23.5 Å². The van der Waals surface area contributed by atoms with Crippen LogP contribution in [-0.4, -0.2) is 24.6 Å². The van der Waals surface area contributed by atoms with Crippen LogP contribution < -0.4 is 0 Å². The predicted octanol–water partition coefficient (Wildman–Crippen LogP) is 4.60. The van der Waals surface area contributed by atoms with Gasteiger partial charge in [-0.2, -0.15) is 0 Å². The van der Waals surface area contributed by atoms with Crippen LogP contribution in [0.2, 0.25) is 4.34 Å². The maximum absolute atomic E-state index is 13.3. The van der Waals surface area contributed by atoms with Gasteiger partial charge in [-0.3, -0.25) is 4.90 Å². The van der Waals surface area contributed by atoms with Crippen molar-refractivity contribution in [1.82, 2.24) is 4.90 Å². The molecule has 2 aliphatic rings. The fraction of sp³-hybridized carbons (Fsp3) is 0.444. The molecule has 0 saturated carbocycles. The van der Waals surface area contributed by atoms with E-state index in [0.29, 0.717) is 0 Å². The van der Waals surface area contributed by atoms with E-state index >= 15 is 0 Å². The van der Waals surface area contributed by atoms with Gasteiger partial charge in [0.05, 0.1) is 10.9 Å². The highest BCUT2D eigenvalue weighted by molar-refractivity contribution is 7.16. The van der Waals surface area contributed by atoms with Gasteiger partial charge >= 0.3 is 0 Å². The largest absolute Gasteiger partial charge is 0.369 e. The monoisotopic (exact) mass is 351 g/mol. The van der Waals surface area contributed by atoms with Crippen molar-refractivity contribution in [3.05, 3.63) is 56.5 Å². The van der Waals surface area contributed by atoms with Crippen LogP contribution in [0.4, 0.5) is 4.39 Å². The molecule has 0 N–H and O–H groups in total. The van der Waals surface area contributed by atoms with Crippen molar-refractivity contribution in [3.63, 3.8) is 0 Å². The zero-order chi connectivity index (χ0) is 15.9. The second kappa shape index (κ2) is 6.17. The summed E-state index contributed by atoms with van der Waals surface area (Å²) in [6.45, 7) is 3.51. The van der Waals surface area contributed by atoms with E-state index in [9.17, 15) is 4.39 Å². The number of benzene rings is 1. The number of rotatable bonds is 2. The van der Waals surface area contributed by atoms with Gasteiger partial charge in [0.2, 0.25) is 0 Å². The summed E-state index contributed by atoms with van der Waals surface area (Å²) < 4.78 is 20.4. The third-order valence-electron chi connectivity index (χ3n) is 4.90. The van der Waals surface area contributed by atoms with E-state index in [1.807, 2.05) is 6.07 Å². The topological polar surface area (TPSA) is 12.5 Å². The molecule has 2 nitrogen and oxygen atoms in total. The van der Waals surface area contributed by atoms with Crippen LogP contribution in [-0.2, 0) is 23.3 Å². The highest BCUT2D eigenvalue weighted by Gasteiger charge is 2.42. The second-order valence-corrected chi connectivity index (χ2v) is 8.09. The molecule has 0 atom stereocenters. The van der Waals surface area contributed by atoms with Crippen LogP contribution in [0, 0.1) is 5.82 Å². The van der Waals surface area contributed by atoms with Crippen LogP contribution in [0.3, 0.4) is 0 Å². The molecule has 1 spiro atoms. The standard InChI is InChI=1S/C18H19ClFNOS/c19-16-11-14-4-9-22-18(17(14)23-16)5-7-21(8-6-18)12-13-2-1-3-15(20)10-13/h1-3,10-11H,4-9,12H2. The molecule has 3 heterocycles. The number of nitrogens with zero attached hydrogens (tertiary/aromatic N) is 1. The number of halogens is 2. The van der Waals surface area contributed by atoms with Gasteiger partial charge in [0.15, 0.2) is 0 Å². The lowest BCUT2D eigenvalue weighted by molar-refractivity contribution is -0.0960. The lowest BCUT2D eigenvalue weighted by Gasteiger charge is -2.43. The van der Waals surface area contributed by atoms with Crippen molar-refractivity contribution in [2.75, 3.05) is 19.7 Å². The van der Waals surface area contributed by atoms with Gasteiger partial charge in [-0.25, -0.2) is 4.39 Å². The van der Waals surface area contributed by atoms with E-state index in [1.165, 1.54) is 16.5 Å². The smallest absolute Gasteiger partial charge is 0.123 e. The molecule has 4 rings (SSSR count). The highest BCUT2D eigenvalue weighted by atomic mass is 35.5. The lowest BCUT2D eigenvalue weighted by Crippen LogP contribution is -2.45. The first kappa shape index (κ1) is 15.6. The van der Waals surface area contributed by atoms with Gasteiger partial charge < -0.3 is 4.74 Å². The van der Waals surface area contributed by atoms with E-state index in [4.69, 9.17) is 16.3 Å². The summed E-state index contributed by atoms with van der Waals surface area (Å²) in [4.78, 5) is 3.71. The van der Waals surface area contributed by atoms with Gasteiger partial charge in [-0.05, 0) is 48.6 Å². The molecule has 0 amide bonds. The van der Waals surface area contributed by atoms with Crippen molar-refractivity contribution in [2.24, 2.45) is 0 Å². The SMILES string of the molecule is Fc1cccc(CN2CCC3(CC2)OCCc2cc(Cl)sc23)c1. The molecule has 5 heteroatoms. The van der Waals surface area contributed by atoms with Crippen LogP contribution in [0.15, 0.2) is 30.3 Å². The van der Waals surface area contributed by atoms with Gasteiger partial charge in [0, 0.05) is 24.5 Å². The Hall–Kier alpha value is -0.940. The first-order valence-electron chi connectivity index (χ1n) is 8.04. The summed E-state index contributed by atoms with van der Waals surface area (Å²) in [5.74, 6) is -0.163. The maximum Gasteiger partial charge on any atom is 0.123 e. The van der Waals surface area contributed by atoms with Crippen molar-refractivity contribution < 1.29 is 9.13 Å². The Balaban J connectivity index is 1.47. The Bertz CT molecular complexity index is 709. The quantitative estimate of drug-likeness (QED) is 0.783. The number of thiophene rings is 1. The fourth-order valence-corrected chi connectivity index (χ4v) is 5.23. The molecule has 0 radical (unpaired) electrons. The van der Waals surface area contributed by atoms with Crippen LogP contribution in [0.5, 0.6) is 0 Å². The Morgan fingerprint density at radius 3 is 2.87 bits per heavy atom. The summed E-state index contributed by atoms with van der Waals surface area (Å²) in [5, 5.41) is 0. The van der Waals surface area contributed by atoms with Crippen molar-refractivity contribution in [2.45, 2.75) is 31.4 Å². The zero-order valence-corrected chi connectivity index (χ0v) is 14.4. The molecule has 2 aromatic rings. The highest BCUT2D eigenvalue weighted by Crippen LogP contribution is 2.46. The van der Waals surface area contributed by atoms with Crippen LogP contribution in [0.1, 0.15) is 28.8 Å². The molecule has 2 aliphatic heterocycles. The molecular weight excluding hydrogens is 333 g/mol. The molecule has 122 valence electrons. The third-order valence-corrected chi connectivity index (χ3v) is 6.39. The molecule has 1 aromatic heterocycles. The van der Waals surface area contributed by atoms with E-state index in [-0.39, 0.29) is 11.4 Å². The Morgan fingerprint density at radius 2 is 2.09 bits per heavy atom. The zero-order valence-electron chi connectivity index (χ0n) is 12.9. The summed E-state index contributed by atoms with van der Waals surface area (Å²) in [6, 6.07) is 8.98. The molecule has 1 fully saturated rings. The van der Waals surface area contributed by atoms with E-state index in [2.05, 4.69) is 11.0 Å². The molecule has 0 unspecified atom stereocenters. The number of likely N-dealkylation sites (tertiary alicyclic amines) is 1. The molecular formula is C18H19ClFNOS. The van der Waals surface area contributed by atoms with Gasteiger partial charge in [-0.15, -0.1) is 11.3 Å². The molecule has 23 heavy (non-hydrogen) atoms. The van der Waals surface area contributed by atoms with Crippen LogP contribution in [0.25, 0.3) is 0 Å². The average Bonchev–Trinajstić information content (AvgIpc) is 2.92. The minimum absolute atomic E-state index is 0.149. The summed E-state index contributed by atoms with van der Waals surface area (Å²) in [6.07, 6.45) is 2.92. The average molecular weight is 352 g/mol. The molecule has 1 saturated heterocycles. The van der Waals surface area contributed by atoms with Crippen molar-refractivity contribution in [1.29, 1.82) is 0 Å². The minimum Gasteiger partial charge on any atom is -0.369 e. The van der Waals surface area contributed by atoms with Gasteiger partial charge in [-0.1, -0.05) is 23.7 Å². The Morgan fingerprint density at radius 1 is 1.26 bits per heavy atom. The Kier molecular flexibility index (Phi) is 4.18. The fourth-order valence-electron chi connectivity index (χ4n) is 3.73. The normalized spacial score (nSPS) is 20.6. The summed E-state index contributed by atoms with van der Waals surface area (Å²) >= 11 is 7.90. The third kappa shape index (κ3) is 3.05. The van der Waals surface area contributed by atoms with E-state index in [0.717, 1.165) is 55.4 Å². The van der Waals surface area contributed by atoms with Crippen LogP contribution >= 0.6 is 22.9 Å². The van der Waals surface area contributed by atoms with E-state index < -0.39 is 0 Å². The second-order valence-electron chi connectivity index (χ2n) is 6.40. The molecule has 0 bridgehead atoms. The predicted molar refractivity (Wildman–Crippen MR) is 91.6 cm³/mol. The first-order chi connectivity index (χ1) is 11.1. The molecule has 0 aliphatic carbocycles. The summed E-state index contributed by atoms with van der Waals surface area (Å²) in [7, 11) is 0. The van der Waals surface area contributed by atoms with Crippen molar-refractivity contribution in [3.8, 4) is 0 Å². The van der Waals surface area contributed by atoms with Gasteiger partial charge in [0.25, 0.3) is 0 Å². The number of hydrogen-bond donors (Lipinski definition) is 0. The number of ether oxygens (including phenoxy) is 1. The maximum atomic E-state index is 13.3. The number of hydrogen-bond acceptors (Lipinski definition) is 3. The van der Waals surface area contributed by atoms with Crippen molar-refractivity contribution >= 4 is 22.9 Å². The first-order valence-corrected chi connectivity index (χ1v) is 9.24. The Labute approximate surface area is 144 Å². The molecule has 1 aromatic carbocycles. The minimum atomic E-state index is -0.163. The van der Waals surface area contributed by atoms with Gasteiger partial charge in [0.1, 0.15) is 11.4 Å². The lowest BCUT2D eigenvalue weighted by atomic mass is 9.85.